The van der Waals surface area contributed by atoms with Gasteiger partial charge in [0.25, 0.3) is 0 Å². The molecule has 0 aromatic heterocycles. The minimum atomic E-state index is -0.835. The Kier molecular flexibility index (Phi) is 4.79. The van der Waals surface area contributed by atoms with Gasteiger partial charge in [-0.2, -0.15) is 0 Å². The Bertz CT molecular complexity index is 1090. The summed E-state index contributed by atoms with van der Waals surface area (Å²) in [6.45, 7) is 4.00. The third kappa shape index (κ3) is 3.83. The molecule has 0 radical (unpaired) electrons. The summed E-state index contributed by atoms with van der Waals surface area (Å²) in [5.41, 5.74) is 2.81. The molecule has 0 saturated carbocycles. The summed E-state index contributed by atoms with van der Waals surface area (Å²) in [6, 6.07) is 18.8. The molecule has 1 aliphatic heterocycles. The van der Waals surface area contributed by atoms with E-state index in [1.165, 1.54) is 6.07 Å². The van der Waals surface area contributed by atoms with E-state index < -0.39 is 28.6 Å². The molecule has 0 N–H and O–H groups in total. The van der Waals surface area contributed by atoms with Crippen LogP contribution >= 0.6 is 0 Å². The minimum absolute atomic E-state index is 0.0671. The van der Waals surface area contributed by atoms with Gasteiger partial charge in [0.1, 0.15) is 23.0 Å². The van der Waals surface area contributed by atoms with Crippen molar-refractivity contribution in [3.8, 4) is 5.75 Å². The molecule has 1 aliphatic rings. The number of hydrogen-bond acceptors (Lipinski definition) is 2. The van der Waals surface area contributed by atoms with Gasteiger partial charge in [0, 0.05) is 12.0 Å². The van der Waals surface area contributed by atoms with Gasteiger partial charge in [-0.15, -0.1) is 0 Å². The van der Waals surface area contributed by atoms with Gasteiger partial charge in [-0.3, -0.25) is 4.79 Å². The first-order valence-electron chi connectivity index (χ1n) is 9.42. The molecule has 0 unspecified atom stereocenters. The van der Waals surface area contributed by atoms with Crippen LogP contribution in [0, 0.1) is 11.6 Å². The van der Waals surface area contributed by atoms with E-state index in [9.17, 15) is 13.6 Å². The lowest BCUT2D eigenvalue weighted by molar-refractivity contribution is 0.0985. The fourth-order valence-corrected chi connectivity index (χ4v) is 3.60. The summed E-state index contributed by atoms with van der Waals surface area (Å²) in [7, 11) is 0. The van der Waals surface area contributed by atoms with Crippen molar-refractivity contribution in [2.75, 3.05) is 0 Å². The van der Waals surface area contributed by atoms with Gasteiger partial charge in [0.15, 0.2) is 5.78 Å². The van der Waals surface area contributed by atoms with Crippen LogP contribution in [0.3, 0.4) is 0 Å². The van der Waals surface area contributed by atoms with Crippen LogP contribution in [0.4, 0.5) is 8.78 Å². The quantitative estimate of drug-likeness (QED) is 0.511. The van der Waals surface area contributed by atoms with Crippen molar-refractivity contribution in [2.45, 2.75) is 25.9 Å². The highest BCUT2D eigenvalue weighted by Gasteiger charge is 2.27. The molecule has 0 amide bonds. The van der Waals surface area contributed by atoms with Gasteiger partial charge in [-0.05, 0) is 54.8 Å². The number of carbonyl (C=O) groups is 1. The number of rotatable bonds is 4. The lowest BCUT2D eigenvalue weighted by atomic mass is 9.89. The highest BCUT2D eigenvalue weighted by molar-refractivity contribution is 5.98. The van der Waals surface area contributed by atoms with Crippen molar-refractivity contribution >= 4 is 11.4 Å². The number of ketones is 1. The van der Waals surface area contributed by atoms with Crippen molar-refractivity contribution in [1.29, 1.82) is 0 Å². The van der Waals surface area contributed by atoms with Gasteiger partial charge in [0.05, 0.1) is 5.56 Å². The summed E-state index contributed by atoms with van der Waals surface area (Å²) in [6.07, 6.45) is 2.01. The number of benzene rings is 3. The fraction of sp³-hybridized carbons (Fsp3) is 0.160. The zero-order chi connectivity index (χ0) is 20.6. The monoisotopic (exact) mass is 390 g/mol. The molecule has 4 rings (SSSR count). The predicted molar refractivity (Wildman–Crippen MR) is 109 cm³/mol. The Morgan fingerprint density at radius 2 is 1.55 bits per heavy atom. The third-order valence-corrected chi connectivity index (χ3v) is 4.91. The standard InChI is InChI=1S/C25H20F2O2/c1-25(2)15-19(18-6-3-4-9-23(18)29-25)17-12-10-16(11-13-17)14-22(28)24-20(26)7-5-8-21(24)27/h3-13,15H,14H2,1-2H3. The number of halogens is 2. The molecule has 146 valence electrons. The van der Waals surface area contributed by atoms with Crippen LogP contribution in [0.2, 0.25) is 0 Å². The maximum atomic E-state index is 13.8. The Morgan fingerprint density at radius 3 is 2.24 bits per heavy atom. The normalized spacial score (nSPS) is 14.6. The van der Waals surface area contributed by atoms with E-state index in [1.807, 2.05) is 62.4 Å². The van der Waals surface area contributed by atoms with Gasteiger partial charge >= 0.3 is 0 Å². The lowest BCUT2D eigenvalue weighted by Gasteiger charge is -2.31. The SMILES string of the molecule is CC1(C)C=C(c2ccc(CC(=O)c3c(F)cccc3F)cc2)c2ccccc2O1. The number of fused-ring (bicyclic) bond motifs is 1. The van der Waals surface area contributed by atoms with Crippen LogP contribution in [0.15, 0.2) is 72.8 Å². The summed E-state index contributed by atoms with van der Waals surface area (Å²) < 4.78 is 33.7. The first kappa shape index (κ1) is 19.1. The molecular weight excluding hydrogens is 370 g/mol. The van der Waals surface area contributed by atoms with Crippen molar-refractivity contribution in [2.24, 2.45) is 0 Å². The van der Waals surface area contributed by atoms with Crippen LogP contribution in [0.25, 0.3) is 5.57 Å². The number of para-hydroxylation sites is 1. The topological polar surface area (TPSA) is 26.3 Å². The number of carbonyl (C=O) groups excluding carboxylic acids is 1. The van der Waals surface area contributed by atoms with Gasteiger partial charge in [0.2, 0.25) is 0 Å². The molecule has 0 spiro atoms. The van der Waals surface area contributed by atoms with Crippen molar-refractivity contribution in [1.82, 2.24) is 0 Å². The van der Waals surface area contributed by atoms with E-state index in [4.69, 9.17) is 4.74 Å². The molecule has 4 heteroatoms. The van der Waals surface area contributed by atoms with Crippen LogP contribution in [-0.2, 0) is 6.42 Å². The van der Waals surface area contributed by atoms with Crippen LogP contribution in [0.1, 0.15) is 40.9 Å². The molecule has 3 aromatic rings. The molecule has 0 saturated heterocycles. The second-order valence-electron chi connectivity index (χ2n) is 7.65. The van der Waals surface area contributed by atoms with Gasteiger partial charge in [-0.1, -0.05) is 48.5 Å². The average molecular weight is 390 g/mol. The zero-order valence-corrected chi connectivity index (χ0v) is 16.2. The molecule has 0 bridgehead atoms. The highest BCUT2D eigenvalue weighted by Crippen LogP contribution is 2.39. The van der Waals surface area contributed by atoms with Gasteiger partial charge in [-0.25, -0.2) is 8.78 Å². The predicted octanol–water partition coefficient (Wildman–Crippen LogP) is 5.99. The van der Waals surface area contributed by atoms with Crippen LogP contribution in [-0.4, -0.2) is 11.4 Å². The van der Waals surface area contributed by atoms with Crippen LogP contribution in [0.5, 0.6) is 5.75 Å². The number of Topliss-reactive ketones (excluding diaryl/α,β-unsaturated/α-hetero) is 1. The largest absolute Gasteiger partial charge is 0.483 e. The zero-order valence-electron chi connectivity index (χ0n) is 16.2. The van der Waals surface area contributed by atoms with E-state index in [0.717, 1.165) is 34.6 Å². The van der Waals surface area contributed by atoms with Crippen molar-refractivity contribution in [3.63, 3.8) is 0 Å². The molecule has 3 aromatic carbocycles. The lowest BCUT2D eigenvalue weighted by Crippen LogP contribution is -2.29. The smallest absolute Gasteiger partial charge is 0.173 e. The van der Waals surface area contributed by atoms with Crippen molar-refractivity contribution < 1.29 is 18.3 Å². The summed E-state index contributed by atoms with van der Waals surface area (Å²) in [4.78, 5) is 12.4. The Morgan fingerprint density at radius 1 is 0.897 bits per heavy atom. The summed E-state index contributed by atoms with van der Waals surface area (Å²) >= 11 is 0. The third-order valence-electron chi connectivity index (χ3n) is 4.91. The van der Waals surface area contributed by atoms with E-state index in [1.54, 1.807) is 0 Å². The average Bonchev–Trinajstić information content (AvgIpc) is 2.67. The fourth-order valence-electron chi connectivity index (χ4n) is 3.60. The molecular formula is C25H20F2O2. The summed E-state index contributed by atoms with van der Waals surface area (Å²) in [5, 5.41) is 0. The van der Waals surface area contributed by atoms with Crippen LogP contribution < -0.4 is 4.74 Å². The van der Waals surface area contributed by atoms with Gasteiger partial charge < -0.3 is 4.74 Å². The van der Waals surface area contributed by atoms with E-state index in [-0.39, 0.29) is 6.42 Å². The first-order valence-corrected chi connectivity index (χ1v) is 9.42. The molecule has 0 fully saturated rings. The Balaban J connectivity index is 1.62. The Hall–Kier alpha value is -3.27. The Labute approximate surface area is 168 Å². The summed E-state index contributed by atoms with van der Waals surface area (Å²) in [5.74, 6) is -1.43. The maximum Gasteiger partial charge on any atom is 0.173 e. The second kappa shape index (κ2) is 7.28. The minimum Gasteiger partial charge on any atom is -0.483 e. The number of hydrogen-bond donors (Lipinski definition) is 0. The van der Waals surface area contributed by atoms with Crippen molar-refractivity contribution in [3.05, 3.63) is 107 Å². The molecule has 29 heavy (non-hydrogen) atoms. The molecule has 2 nitrogen and oxygen atoms in total. The van der Waals surface area contributed by atoms with E-state index in [0.29, 0.717) is 5.56 Å². The molecule has 0 atom stereocenters. The van der Waals surface area contributed by atoms with E-state index in [2.05, 4.69) is 6.08 Å². The first-order chi connectivity index (χ1) is 13.8. The van der Waals surface area contributed by atoms with E-state index >= 15 is 0 Å². The molecule has 1 heterocycles. The molecule has 0 aliphatic carbocycles. The second-order valence-corrected chi connectivity index (χ2v) is 7.65. The maximum absolute atomic E-state index is 13.8. The number of ether oxygens (including phenoxy) is 1. The highest BCUT2D eigenvalue weighted by atomic mass is 19.1.